The lowest BCUT2D eigenvalue weighted by atomic mass is 9.96. The van der Waals surface area contributed by atoms with Crippen LogP contribution >= 0.6 is 0 Å². The Hall–Kier alpha value is -2.56. The summed E-state index contributed by atoms with van der Waals surface area (Å²) >= 11 is 0. The van der Waals surface area contributed by atoms with E-state index >= 15 is 0 Å². The van der Waals surface area contributed by atoms with Gasteiger partial charge in [-0.05, 0) is 36.1 Å². The van der Waals surface area contributed by atoms with Gasteiger partial charge in [-0.3, -0.25) is 0 Å². The summed E-state index contributed by atoms with van der Waals surface area (Å²) in [5.41, 5.74) is 1.73. The van der Waals surface area contributed by atoms with E-state index in [2.05, 4.69) is 24.5 Å². The molecule has 0 heterocycles. The normalized spacial score (nSPS) is 13.2. The molecule has 2 aromatic rings. The Morgan fingerprint density at radius 3 is 2.24 bits per heavy atom. The van der Waals surface area contributed by atoms with Gasteiger partial charge in [-0.25, -0.2) is 9.18 Å². The summed E-state index contributed by atoms with van der Waals surface area (Å²) in [4.78, 5) is 12.4. The standard InChI is InChI=1S/C20H25FN2O2/c1-13(2)19(15-8-6-5-7-9-15)23-20(24)22-14(3)16-10-11-18(25-4)17(21)12-16/h5-14,19H,1-4H3,(H2,22,23,24). The summed E-state index contributed by atoms with van der Waals surface area (Å²) in [6.07, 6.45) is 0. The first-order valence-electron chi connectivity index (χ1n) is 8.37. The fourth-order valence-electron chi connectivity index (χ4n) is 2.71. The predicted molar refractivity (Wildman–Crippen MR) is 97.1 cm³/mol. The number of amides is 2. The first-order valence-corrected chi connectivity index (χ1v) is 8.37. The van der Waals surface area contributed by atoms with Crippen LogP contribution < -0.4 is 15.4 Å². The van der Waals surface area contributed by atoms with Crippen molar-refractivity contribution in [3.05, 3.63) is 65.5 Å². The topological polar surface area (TPSA) is 50.4 Å². The highest BCUT2D eigenvalue weighted by molar-refractivity contribution is 5.75. The second-order valence-electron chi connectivity index (χ2n) is 6.37. The van der Waals surface area contributed by atoms with Gasteiger partial charge in [0.05, 0.1) is 19.2 Å². The second kappa shape index (κ2) is 8.51. The molecule has 25 heavy (non-hydrogen) atoms. The van der Waals surface area contributed by atoms with Crippen LogP contribution in [0, 0.1) is 11.7 Å². The van der Waals surface area contributed by atoms with Crippen LogP contribution in [0.15, 0.2) is 48.5 Å². The Balaban J connectivity index is 2.04. The van der Waals surface area contributed by atoms with Crippen molar-refractivity contribution in [3.63, 3.8) is 0 Å². The Morgan fingerprint density at radius 1 is 1.00 bits per heavy atom. The number of hydrogen-bond acceptors (Lipinski definition) is 2. The predicted octanol–water partition coefficient (Wildman–Crippen LogP) is 4.59. The minimum atomic E-state index is -0.446. The zero-order chi connectivity index (χ0) is 18.4. The lowest BCUT2D eigenvalue weighted by Crippen LogP contribution is -2.40. The molecule has 2 amide bonds. The molecule has 0 bridgehead atoms. The summed E-state index contributed by atoms with van der Waals surface area (Å²) < 4.78 is 18.7. The number of nitrogens with one attached hydrogen (secondary N) is 2. The van der Waals surface area contributed by atoms with Gasteiger partial charge in [-0.1, -0.05) is 50.2 Å². The highest BCUT2D eigenvalue weighted by Gasteiger charge is 2.19. The summed E-state index contributed by atoms with van der Waals surface area (Å²) in [6, 6.07) is 13.8. The highest BCUT2D eigenvalue weighted by atomic mass is 19.1. The van der Waals surface area contributed by atoms with Crippen molar-refractivity contribution in [2.45, 2.75) is 32.9 Å². The van der Waals surface area contributed by atoms with Gasteiger partial charge in [-0.15, -0.1) is 0 Å². The Labute approximate surface area is 148 Å². The van der Waals surface area contributed by atoms with Crippen LogP contribution in [0.1, 0.15) is 44.0 Å². The van der Waals surface area contributed by atoms with Crippen LogP contribution in [0.5, 0.6) is 5.75 Å². The molecule has 0 saturated carbocycles. The van der Waals surface area contributed by atoms with Gasteiger partial charge in [-0.2, -0.15) is 0 Å². The molecule has 0 saturated heterocycles. The summed E-state index contributed by atoms with van der Waals surface area (Å²) in [5, 5.41) is 5.86. The van der Waals surface area contributed by atoms with E-state index < -0.39 is 5.82 Å². The molecular formula is C20H25FN2O2. The van der Waals surface area contributed by atoms with E-state index in [0.29, 0.717) is 5.56 Å². The minimum absolute atomic E-state index is 0.0963. The Kier molecular flexibility index (Phi) is 6.39. The number of halogens is 1. The van der Waals surface area contributed by atoms with E-state index in [1.54, 1.807) is 12.1 Å². The first-order chi connectivity index (χ1) is 11.9. The largest absolute Gasteiger partial charge is 0.494 e. The molecule has 5 heteroatoms. The molecule has 2 aromatic carbocycles. The van der Waals surface area contributed by atoms with E-state index in [9.17, 15) is 9.18 Å². The number of benzene rings is 2. The fourth-order valence-corrected chi connectivity index (χ4v) is 2.71. The zero-order valence-electron chi connectivity index (χ0n) is 15.0. The molecule has 0 aliphatic heterocycles. The van der Waals surface area contributed by atoms with E-state index in [-0.39, 0.29) is 29.8 Å². The number of hydrogen-bond donors (Lipinski definition) is 2. The van der Waals surface area contributed by atoms with Crippen LogP contribution in [0.4, 0.5) is 9.18 Å². The molecule has 0 spiro atoms. The third-order valence-corrected chi connectivity index (χ3v) is 4.14. The van der Waals surface area contributed by atoms with E-state index in [1.807, 2.05) is 37.3 Å². The van der Waals surface area contributed by atoms with Crippen LogP contribution in [0.2, 0.25) is 0 Å². The molecule has 4 nitrogen and oxygen atoms in total. The molecule has 2 unspecified atom stereocenters. The lowest BCUT2D eigenvalue weighted by molar-refractivity contribution is 0.230. The SMILES string of the molecule is COc1ccc(C(C)NC(=O)NC(c2ccccc2)C(C)C)cc1F. The zero-order valence-corrected chi connectivity index (χ0v) is 15.0. The minimum Gasteiger partial charge on any atom is -0.494 e. The molecule has 0 aromatic heterocycles. The number of urea groups is 1. The average Bonchev–Trinajstić information content (AvgIpc) is 2.60. The van der Waals surface area contributed by atoms with Gasteiger partial charge in [0.1, 0.15) is 0 Å². The van der Waals surface area contributed by atoms with Crippen LogP contribution in [-0.2, 0) is 0 Å². The quantitative estimate of drug-likeness (QED) is 0.805. The van der Waals surface area contributed by atoms with E-state index in [4.69, 9.17) is 4.74 Å². The second-order valence-corrected chi connectivity index (χ2v) is 6.37. The van der Waals surface area contributed by atoms with Gasteiger partial charge in [0, 0.05) is 0 Å². The number of rotatable bonds is 6. The van der Waals surface area contributed by atoms with Gasteiger partial charge in [0.2, 0.25) is 0 Å². The summed E-state index contributed by atoms with van der Waals surface area (Å²) in [5.74, 6) is -0.0235. The van der Waals surface area contributed by atoms with Crippen molar-refractivity contribution in [1.29, 1.82) is 0 Å². The lowest BCUT2D eigenvalue weighted by Gasteiger charge is -2.24. The smallest absolute Gasteiger partial charge is 0.315 e. The van der Waals surface area contributed by atoms with Gasteiger partial charge >= 0.3 is 6.03 Å². The maximum atomic E-state index is 13.8. The Morgan fingerprint density at radius 2 is 1.68 bits per heavy atom. The first kappa shape index (κ1) is 18.8. The van der Waals surface area contributed by atoms with Crippen molar-refractivity contribution >= 4 is 6.03 Å². The molecular weight excluding hydrogens is 319 g/mol. The molecule has 2 rings (SSSR count). The van der Waals surface area contributed by atoms with Crippen molar-refractivity contribution in [1.82, 2.24) is 10.6 Å². The Bertz CT molecular complexity index is 704. The molecule has 2 N–H and O–H groups in total. The van der Waals surface area contributed by atoms with Crippen molar-refractivity contribution < 1.29 is 13.9 Å². The molecule has 0 fully saturated rings. The van der Waals surface area contributed by atoms with Crippen molar-refractivity contribution in [2.75, 3.05) is 7.11 Å². The molecule has 2 atom stereocenters. The average molecular weight is 344 g/mol. The number of carbonyl (C=O) groups is 1. The van der Waals surface area contributed by atoms with Gasteiger partial charge in [0.15, 0.2) is 11.6 Å². The van der Waals surface area contributed by atoms with Gasteiger partial charge in [0.25, 0.3) is 0 Å². The molecule has 134 valence electrons. The van der Waals surface area contributed by atoms with Crippen LogP contribution in [-0.4, -0.2) is 13.1 Å². The van der Waals surface area contributed by atoms with E-state index in [1.165, 1.54) is 13.2 Å². The van der Waals surface area contributed by atoms with E-state index in [0.717, 1.165) is 5.56 Å². The molecule has 0 radical (unpaired) electrons. The maximum absolute atomic E-state index is 13.8. The number of ether oxygens (including phenoxy) is 1. The van der Waals surface area contributed by atoms with Crippen molar-refractivity contribution in [2.24, 2.45) is 5.92 Å². The fraction of sp³-hybridized carbons (Fsp3) is 0.350. The van der Waals surface area contributed by atoms with Gasteiger partial charge < -0.3 is 15.4 Å². The number of carbonyl (C=O) groups excluding carboxylic acids is 1. The maximum Gasteiger partial charge on any atom is 0.315 e. The molecule has 0 aliphatic carbocycles. The number of methoxy groups -OCH3 is 1. The monoisotopic (exact) mass is 344 g/mol. The van der Waals surface area contributed by atoms with Crippen molar-refractivity contribution in [3.8, 4) is 5.75 Å². The third kappa shape index (κ3) is 4.95. The highest BCUT2D eigenvalue weighted by Crippen LogP contribution is 2.23. The molecule has 0 aliphatic rings. The van der Waals surface area contributed by atoms with Crippen LogP contribution in [0.25, 0.3) is 0 Å². The summed E-state index contributed by atoms with van der Waals surface area (Å²) in [6.45, 7) is 5.92. The third-order valence-electron chi connectivity index (χ3n) is 4.14. The summed E-state index contributed by atoms with van der Waals surface area (Å²) in [7, 11) is 1.42. The van der Waals surface area contributed by atoms with Crippen LogP contribution in [0.3, 0.4) is 0 Å².